The van der Waals surface area contributed by atoms with Crippen LogP contribution in [0.5, 0.6) is 0 Å². The highest BCUT2D eigenvalue weighted by molar-refractivity contribution is 5.98. The molecule has 0 aliphatic carbocycles. The Balaban J connectivity index is 3.00. The Bertz CT molecular complexity index is 577. The van der Waals surface area contributed by atoms with Gasteiger partial charge in [-0.2, -0.15) is 0 Å². The van der Waals surface area contributed by atoms with E-state index in [2.05, 4.69) is 10.6 Å². The summed E-state index contributed by atoms with van der Waals surface area (Å²) in [7, 11) is 0. The third kappa shape index (κ3) is 4.80. The van der Waals surface area contributed by atoms with E-state index in [0.29, 0.717) is 5.69 Å². The molecule has 3 N–H and O–H groups in total. The van der Waals surface area contributed by atoms with E-state index in [1.807, 2.05) is 0 Å². The number of rotatable bonds is 4. The summed E-state index contributed by atoms with van der Waals surface area (Å²) in [5.41, 5.74) is -1.31. The fraction of sp³-hybridized carbons (Fsp3) is 0.500. The normalized spacial score (nSPS) is 12.0. The third-order valence-electron chi connectivity index (χ3n) is 3.00. The topological polar surface area (TPSA) is 78.4 Å². The van der Waals surface area contributed by atoms with Gasteiger partial charge >= 0.3 is 0 Å². The minimum Gasteiger partial charge on any atom is -0.394 e. The van der Waals surface area contributed by atoms with Crippen LogP contribution in [0.15, 0.2) is 18.2 Å². The Kier molecular flexibility index (Phi) is 5.30. The lowest BCUT2D eigenvalue weighted by atomic mass is 9.95. The highest BCUT2D eigenvalue weighted by Crippen LogP contribution is 2.20. The maximum Gasteiger partial charge on any atom is 0.254 e. The molecule has 1 aromatic rings. The van der Waals surface area contributed by atoms with Crippen LogP contribution in [0.3, 0.4) is 0 Å². The Labute approximate surface area is 129 Å². The third-order valence-corrected chi connectivity index (χ3v) is 3.00. The zero-order chi connectivity index (χ0) is 17.1. The van der Waals surface area contributed by atoms with Gasteiger partial charge in [-0.3, -0.25) is 9.59 Å². The molecule has 0 aromatic heterocycles. The molecule has 2 amide bonds. The number of nitrogens with one attached hydrogen (secondary N) is 2. The lowest BCUT2D eigenvalue weighted by Gasteiger charge is -2.24. The van der Waals surface area contributed by atoms with Gasteiger partial charge in [-0.05, 0) is 32.0 Å². The first-order valence-corrected chi connectivity index (χ1v) is 7.01. The van der Waals surface area contributed by atoms with Crippen molar-refractivity contribution in [3.05, 3.63) is 29.6 Å². The first kappa shape index (κ1) is 18.1. The fourth-order valence-electron chi connectivity index (χ4n) is 1.51. The van der Waals surface area contributed by atoms with E-state index in [0.717, 1.165) is 6.07 Å². The van der Waals surface area contributed by atoms with Crippen molar-refractivity contribution in [2.45, 2.75) is 40.2 Å². The Morgan fingerprint density at radius 1 is 1.18 bits per heavy atom. The summed E-state index contributed by atoms with van der Waals surface area (Å²) >= 11 is 0. The van der Waals surface area contributed by atoms with Gasteiger partial charge in [0.2, 0.25) is 5.91 Å². The lowest BCUT2D eigenvalue weighted by Crippen LogP contribution is -2.46. The van der Waals surface area contributed by atoms with Gasteiger partial charge in [0.05, 0.1) is 17.7 Å². The van der Waals surface area contributed by atoms with E-state index in [1.165, 1.54) is 12.1 Å². The van der Waals surface area contributed by atoms with Gasteiger partial charge in [-0.1, -0.05) is 20.8 Å². The minimum absolute atomic E-state index is 0.187. The molecular weight excluding hydrogens is 287 g/mol. The quantitative estimate of drug-likeness (QED) is 0.798. The van der Waals surface area contributed by atoms with Gasteiger partial charge in [0.25, 0.3) is 5.91 Å². The average Bonchev–Trinajstić information content (AvgIpc) is 2.39. The minimum atomic E-state index is -0.867. The van der Waals surface area contributed by atoms with Gasteiger partial charge < -0.3 is 15.7 Å². The summed E-state index contributed by atoms with van der Waals surface area (Å²) < 4.78 is 13.8. The molecule has 0 saturated heterocycles. The van der Waals surface area contributed by atoms with Crippen LogP contribution in [-0.2, 0) is 4.79 Å². The smallest absolute Gasteiger partial charge is 0.254 e. The van der Waals surface area contributed by atoms with Gasteiger partial charge in [0.15, 0.2) is 0 Å². The van der Waals surface area contributed by atoms with Crippen LogP contribution in [0.1, 0.15) is 45.0 Å². The molecule has 122 valence electrons. The zero-order valence-corrected chi connectivity index (χ0v) is 13.6. The monoisotopic (exact) mass is 310 g/mol. The van der Waals surface area contributed by atoms with Crippen LogP contribution in [0, 0.1) is 11.2 Å². The molecule has 22 heavy (non-hydrogen) atoms. The summed E-state index contributed by atoms with van der Waals surface area (Å²) in [6, 6.07) is 3.80. The molecule has 0 atom stereocenters. The first-order valence-electron chi connectivity index (χ1n) is 7.01. The van der Waals surface area contributed by atoms with E-state index >= 15 is 0 Å². The van der Waals surface area contributed by atoms with Gasteiger partial charge in [0.1, 0.15) is 5.82 Å². The molecule has 0 unspecified atom stereocenters. The number of carbonyl (C=O) groups excluding carboxylic acids is 2. The number of aliphatic hydroxyl groups excluding tert-OH is 1. The summed E-state index contributed by atoms with van der Waals surface area (Å²) in [4.78, 5) is 24.0. The van der Waals surface area contributed by atoms with Crippen molar-refractivity contribution in [2.75, 3.05) is 11.9 Å². The molecule has 0 saturated carbocycles. The molecule has 0 fully saturated rings. The number of hydrogen-bond acceptors (Lipinski definition) is 3. The lowest BCUT2D eigenvalue weighted by molar-refractivity contribution is -0.123. The van der Waals surface area contributed by atoms with E-state index in [9.17, 15) is 14.0 Å². The molecule has 5 nitrogen and oxygen atoms in total. The molecule has 0 aliphatic heterocycles. The van der Waals surface area contributed by atoms with Crippen LogP contribution >= 0.6 is 0 Å². The van der Waals surface area contributed by atoms with Gasteiger partial charge in [-0.15, -0.1) is 0 Å². The van der Waals surface area contributed by atoms with Crippen LogP contribution < -0.4 is 10.6 Å². The summed E-state index contributed by atoms with van der Waals surface area (Å²) in [5.74, 6) is -1.58. The molecule has 6 heteroatoms. The number of aliphatic hydroxyl groups is 1. The molecule has 0 bridgehead atoms. The second-order valence-corrected chi connectivity index (χ2v) is 6.89. The van der Waals surface area contributed by atoms with E-state index in [-0.39, 0.29) is 18.1 Å². The number of carbonyl (C=O) groups is 2. The highest BCUT2D eigenvalue weighted by atomic mass is 19.1. The Morgan fingerprint density at radius 3 is 2.27 bits per heavy atom. The molecule has 0 radical (unpaired) electrons. The summed E-state index contributed by atoms with van der Waals surface area (Å²) in [6.07, 6.45) is 0. The molecular formula is C16H23FN2O3. The SMILES string of the molecule is CC(C)(CO)NC(=O)c1cc(NC(=O)C(C)(C)C)ccc1F. The van der Waals surface area contributed by atoms with E-state index < -0.39 is 22.7 Å². The van der Waals surface area contributed by atoms with Crippen molar-refractivity contribution in [2.24, 2.45) is 5.41 Å². The van der Waals surface area contributed by atoms with Crippen molar-refractivity contribution in [3.8, 4) is 0 Å². The standard InChI is InChI=1S/C16H23FN2O3/c1-15(2,3)14(22)18-10-6-7-12(17)11(8-10)13(21)19-16(4,5)9-20/h6-8,20H,9H2,1-5H3,(H,18,22)(H,19,21). The number of anilines is 1. The number of amides is 2. The van der Waals surface area contributed by atoms with Crippen LogP contribution in [0.2, 0.25) is 0 Å². The van der Waals surface area contributed by atoms with Crippen molar-refractivity contribution in [1.82, 2.24) is 5.32 Å². The summed E-state index contributed by atoms with van der Waals surface area (Å²) in [5, 5.41) is 14.3. The Morgan fingerprint density at radius 2 is 1.77 bits per heavy atom. The largest absolute Gasteiger partial charge is 0.394 e. The predicted octanol–water partition coefficient (Wildman–Crippen LogP) is 2.31. The van der Waals surface area contributed by atoms with Crippen LogP contribution in [-0.4, -0.2) is 29.1 Å². The first-order chi connectivity index (χ1) is 9.96. The van der Waals surface area contributed by atoms with Crippen molar-refractivity contribution in [1.29, 1.82) is 0 Å². The van der Waals surface area contributed by atoms with Crippen molar-refractivity contribution >= 4 is 17.5 Å². The van der Waals surface area contributed by atoms with Crippen LogP contribution in [0.4, 0.5) is 10.1 Å². The van der Waals surface area contributed by atoms with Gasteiger partial charge in [0, 0.05) is 11.1 Å². The maximum atomic E-state index is 13.8. The molecule has 1 aromatic carbocycles. The number of benzene rings is 1. The Hall–Kier alpha value is -1.95. The van der Waals surface area contributed by atoms with Crippen molar-refractivity contribution < 1.29 is 19.1 Å². The second-order valence-electron chi connectivity index (χ2n) is 6.89. The molecule has 0 spiro atoms. The van der Waals surface area contributed by atoms with Gasteiger partial charge in [-0.25, -0.2) is 4.39 Å². The fourth-order valence-corrected chi connectivity index (χ4v) is 1.51. The second kappa shape index (κ2) is 6.44. The molecule has 1 rings (SSSR count). The molecule has 0 heterocycles. The van der Waals surface area contributed by atoms with E-state index in [1.54, 1.807) is 34.6 Å². The molecule has 0 aliphatic rings. The maximum absolute atomic E-state index is 13.8. The number of halogens is 1. The van der Waals surface area contributed by atoms with Crippen molar-refractivity contribution in [3.63, 3.8) is 0 Å². The zero-order valence-electron chi connectivity index (χ0n) is 13.6. The highest BCUT2D eigenvalue weighted by Gasteiger charge is 2.24. The predicted molar refractivity (Wildman–Crippen MR) is 83.1 cm³/mol. The average molecular weight is 310 g/mol. The number of hydrogen-bond donors (Lipinski definition) is 3. The van der Waals surface area contributed by atoms with Crippen LogP contribution in [0.25, 0.3) is 0 Å². The van der Waals surface area contributed by atoms with E-state index in [4.69, 9.17) is 5.11 Å². The summed E-state index contributed by atoms with van der Waals surface area (Å²) in [6.45, 7) is 8.22.